The first-order valence-electron chi connectivity index (χ1n) is 7.63. The normalized spacial score (nSPS) is 15.5. The Morgan fingerprint density at radius 2 is 2.11 bits per heavy atom. The predicted octanol–water partition coefficient (Wildman–Crippen LogP) is 4.65. The van der Waals surface area contributed by atoms with Crippen LogP contribution in [0.5, 0.6) is 5.75 Å². The number of carbonyl (C=O) groups excluding carboxylic acids is 2. The third-order valence-corrected chi connectivity index (χ3v) is 5.66. The molecule has 0 aliphatic carbocycles. The number of phenolic OH excluding ortho intramolecular Hbond substituents is 1. The van der Waals surface area contributed by atoms with Crippen molar-refractivity contribution in [3.8, 4) is 5.75 Å². The van der Waals surface area contributed by atoms with Gasteiger partial charge in [-0.15, -0.1) is 0 Å². The van der Waals surface area contributed by atoms with E-state index in [4.69, 9.17) is 23.8 Å². The quantitative estimate of drug-likeness (QED) is 0.376. The summed E-state index contributed by atoms with van der Waals surface area (Å²) in [6, 6.07) is 11.8. The maximum atomic E-state index is 12.6. The summed E-state index contributed by atoms with van der Waals surface area (Å²) in [6.07, 6.45) is 1.73. The minimum atomic E-state index is -0.493. The number of rotatable bonds is 4. The second-order valence-corrected chi connectivity index (χ2v) is 8.56. The van der Waals surface area contributed by atoms with Gasteiger partial charge in [0.25, 0.3) is 5.91 Å². The van der Waals surface area contributed by atoms with Crippen molar-refractivity contribution >= 4 is 79.4 Å². The fourth-order valence-electron chi connectivity index (χ4n) is 2.33. The Bertz CT molecular complexity index is 981. The van der Waals surface area contributed by atoms with E-state index in [0.29, 0.717) is 14.2 Å². The fourth-order valence-corrected chi connectivity index (χ4v) is 4.17. The smallest absolute Gasteiger partial charge is 0.266 e. The molecule has 9 heteroatoms. The molecule has 0 bridgehead atoms. The number of hydrogen-bond acceptors (Lipinski definition) is 5. The van der Waals surface area contributed by atoms with E-state index in [1.807, 2.05) is 24.3 Å². The third-order valence-electron chi connectivity index (χ3n) is 3.55. The van der Waals surface area contributed by atoms with Crippen LogP contribution in [0.15, 0.2) is 51.8 Å². The Kier molecular flexibility index (Phi) is 6.21. The Morgan fingerprint density at radius 3 is 2.85 bits per heavy atom. The highest BCUT2D eigenvalue weighted by Crippen LogP contribution is 2.33. The summed E-state index contributed by atoms with van der Waals surface area (Å²) in [5.74, 6) is -0.948. The maximum Gasteiger partial charge on any atom is 0.266 e. The lowest BCUT2D eigenvalue weighted by molar-refractivity contribution is -0.126. The van der Waals surface area contributed by atoms with Crippen molar-refractivity contribution in [2.45, 2.75) is 0 Å². The molecule has 1 aliphatic rings. The average Bonchev–Trinajstić information content (AvgIpc) is 2.86. The summed E-state index contributed by atoms with van der Waals surface area (Å²) in [6.45, 7) is -0.257. The van der Waals surface area contributed by atoms with Gasteiger partial charge in [-0.3, -0.25) is 14.5 Å². The molecule has 0 unspecified atom stereocenters. The molecule has 1 aliphatic heterocycles. The molecular formula is C18H12BrClN2O3S2. The number of thiocarbonyl (C=S) groups is 1. The minimum absolute atomic E-state index is 0.118. The number of aromatic hydroxyl groups is 1. The molecule has 1 saturated heterocycles. The minimum Gasteiger partial charge on any atom is -0.506 e. The van der Waals surface area contributed by atoms with Crippen molar-refractivity contribution in [3.63, 3.8) is 0 Å². The Labute approximate surface area is 178 Å². The van der Waals surface area contributed by atoms with Gasteiger partial charge in [0.05, 0.1) is 10.6 Å². The van der Waals surface area contributed by atoms with Gasteiger partial charge >= 0.3 is 0 Å². The van der Waals surface area contributed by atoms with Crippen LogP contribution in [-0.4, -0.2) is 32.7 Å². The summed E-state index contributed by atoms with van der Waals surface area (Å²) >= 11 is 15.6. The number of hydrogen-bond donors (Lipinski definition) is 2. The van der Waals surface area contributed by atoms with Crippen molar-refractivity contribution in [3.05, 3.63) is 62.4 Å². The molecule has 138 valence electrons. The van der Waals surface area contributed by atoms with Gasteiger partial charge in [-0.25, -0.2) is 0 Å². The van der Waals surface area contributed by atoms with Gasteiger partial charge in [0.15, 0.2) is 0 Å². The summed E-state index contributed by atoms with van der Waals surface area (Å²) in [5, 5.41) is 12.7. The van der Waals surface area contributed by atoms with Crippen LogP contribution in [0.2, 0.25) is 5.02 Å². The summed E-state index contributed by atoms with van der Waals surface area (Å²) < 4.78 is 1.19. The van der Waals surface area contributed by atoms with Gasteiger partial charge < -0.3 is 10.4 Å². The zero-order valence-electron chi connectivity index (χ0n) is 13.6. The number of anilines is 1. The van der Waals surface area contributed by atoms with Crippen LogP contribution in [-0.2, 0) is 9.59 Å². The zero-order chi connectivity index (χ0) is 19.6. The Morgan fingerprint density at radius 1 is 1.33 bits per heavy atom. The van der Waals surface area contributed by atoms with Crippen LogP contribution in [0.4, 0.5) is 5.69 Å². The first-order chi connectivity index (χ1) is 12.8. The van der Waals surface area contributed by atoms with Gasteiger partial charge in [-0.1, -0.05) is 63.6 Å². The number of phenols is 1. The number of nitrogens with zero attached hydrogens (tertiary/aromatic N) is 1. The van der Waals surface area contributed by atoms with E-state index >= 15 is 0 Å². The lowest BCUT2D eigenvalue weighted by Crippen LogP contribution is -2.36. The highest BCUT2D eigenvalue weighted by molar-refractivity contribution is 9.10. The van der Waals surface area contributed by atoms with Crippen LogP contribution >= 0.6 is 51.5 Å². The molecule has 0 spiro atoms. The monoisotopic (exact) mass is 482 g/mol. The van der Waals surface area contributed by atoms with Gasteiger partial charge in [0, 0.05) is 9.50 Å². The molecule has 2 N–H and O–H groups in total. The highest BCUT2D eigenvalue weighted by Gasteiger charge is 2.33. The molecule has 2 aromatic carbocycles. The lowest BCUT2D eigenvalue weighted by Gasteiger charge is -2.14. The molecule has 2 amide bonds. The Balaban J connectivity index is 1.72. The number of nitrogens with one attached hydrogen (secondary N) is 1. The number of benzene rings is 2. The number of halogens is 2. The molecule has 0 radical (unpaired) electrons. The largest absolute Gasteiger partial charge is 0.506 e. The molecule has 1 fully saturated rings. The number of thioether (sulfide) groups is 1. The van der Waals surface area contributed by atoms with Crippen molar-refractivity contribution in [1.82, 2.24) is 4.90 Å². The van der Waals surface area contributed by atoms with Crippen molar-refractivity contribution in [1.29, 1.82) is 0 Å². The predicted molar refractivity (Wildman–Crippen MR) is 116 cm³/mol. The molecule has 5 nitrogen and oxygen atoms in total. The molecule has 1 heterocycles. The van der Waals surface area contributed by atoms with Crippen LogP contribution < -0.4 is 5.32 Å². The zero-order valence-corrected chi connectivity index (χ0v) is 17.6. The van der Waals surface area contributed by atoms with Crippen LogP contribution in [0.1, 0.15) is 5.56 Å². The van der Waals surface area contributed by atoms with Gasteiger partial charge in [-0.2, -0.15) is 0 Å². The number of carbonyl (C=O) groups is 2. The summed E-state index contributed by atoms with van der Waals surface area (Å²) in [4.78, 5) is 26.5. The van der Waals surface area contributed by atoms with Crippen LogP contribution in [0.3, 0.4) is 0 Å². The summed E-state index contributed by atoms with van der Waals surface area (Å²) in [7, 11) is 0. The molecule has 0 atom stereocenters. The number of amides is 2. The van der Waals surface area contributed by atoms with Gasteiger partial charge in [0.2, 0.25) is 5.91 Å². The standard InChI is InChI=1S/C18H12BrClN2O3S2/c19-11-3-1-2-10(6-11)7-15-17(25)22(18(26)27-15)9-16(24)21-13-8-12(20)4-5-14(13)23/h1-8,23H,9H2,(H,21,24)/b15-7+. The van der Waals surface area contributed by atoms with Gasteiger partial charge in [-0.05, 0) is 42.0 Å². The van der Waals surface area contributed by atoms with Crippen molar-refractivity contribution in [2.24, 2.45) is 0 Å². The fraction of sp³-hybridized carbons (Fsp3) is 0.0556. The van der Waals surface area contributed by atoms with E-state index < -0.39 is 5.91 Å². The van der Waals surface area contributed by atoms with E-state index in [-0.39, 0.29) is 23.9 Å². The second-order valence-electron chi connectivity index (χ2n) is 5.53. The SMILES string of the molecule is O=C(CN1C(=O)/C(=C\c2cccc(Br)c2)SC1=S)Nc1cc(Cl)ccc1O. The van der Waals surface area contributed by atoms with E-state index in [0.717, 1.165) is 21.8 Å². The molecule has 0 saturated carbocycles. The molecule has 2 aromatic rings. The molecule has 0 aromatic heterocycles. The van der Waals surface area contributed by atoms with E-state index in [1.54, 1.807) is 6.08 Å². The second kappa shape index (κ2) is 8.43. The van der Waals surface area contributed by atoms with E-state index in [9.17, 15) is 14.7 Å². The molecule has 27 heavy (non-hydrogen) atoms. The first-order valence-corrected chi connectivity index (χ1v) is 10.0. The molecular weight excluding hydrogens is 472 g/mol. The maximum absolute atomic E-state index is 12.6. The van der Waals surface area contributed by atoms with E-state index in [1.165, 1.54) is 23.1 Å². The van der Waals surface area contributed by atoms with E-state index in [2.05, 4.69) is 21.2 Å². The first kappa shape index (κ1) is 19.9. The summed E-state index contributed by atoms with van der Waals surface area (Å²) in [5.41, 5.74) is 1.01. The van der Waals surface area contributed by atoms with Crippen molar-refractivity contribution < 1.29 is 14.7 Å². The third kappa shape index (κ3) is 4.90. The topological polar surface area (TPSA) is 69.6 Å². The van der Waals surface area contributed by atoms with Crippen LogP contribution in [0.25, 0.3) is 6.08 Å². The Hall–Kier alpha value is -1.87. The lowest BCUT2D eigenvalue weighted by atomic mass is 10.2. The van der Waals surface area contributed by atoms with Crippen LogP contribution in [0, 0.1) is 0 Å². The molecule has 3 rings (SSSR count). The average molecular weight is 484 g/mol. The van der Waals surface area contributed by atoms with Crippen molar-refractivity contribution in [2.75, 3.05) is 11.9 Å². The van der Waals surface area contributed by atoms with Gasteiger partial charge in [0.1, 0.15) is 16.6 Å². The highest BCUT2D eigenvalue weighted by atomic mass is 79.9.